The second-order valence-corrected chi connectivity index (χ2v) is 3.87. The van der Waals surface area contributed by atoms with Crippen molar-refractivity contribution in [2.75, 3.05) is 0 Å². The minimum absolute atomic E-state index is 0.477. The molecule has 0 amide bonds. The Morgan fingerprint density at radius 2 is 1.33 bits per heavy atom. The Balaban J connectivity index is 2.04. The van der Waals surface area contributed by atoms with Crippen molar-refractivity contribution in [1.29, 1.82) is 0 Å². The van der Waals surface area contributed by atoms with Crippen LogP contribution in [0.25, 0.3) is 22.9 Å². The summed E-state index contributed by atoms with van der Waals surface area (Å²) in [4.78, 5) is 8.35. The largest absolute Gasteiger partial charge is 0.334 e. The maximum Gasteiger partial charge on any atom is 0.257 e. The van der Waals surface area contributed by atoms with Gasteiger partial charge in [0.15, 0.2) is 11.6 Å². The Kier molecular flexibility index (Phi) is 2.40. The number of nitrogens with zero attached hydrogens (tertiary/aromatic N) is 4. The zero-order chi connectivity index (χ0) is 12.5. The van der Waals surface area contributed by atoms with Crippen LogP contribution in [0.1, 0.15) is 11.6 Å². The molecule has 0 N–H and O–H groups in total. The summed E-state index contributed by atoms with van der Waals surface area (Å²) in [7, 11) is 0. The van der Waals surface area contributed by atoms with Gasteiger partial charge in [0, 0.05) is 11.1 Å². The zero-order valence-corrected chi connectivity index (χ0v) is 9.91. The Morgan fingerprint density at radius 1 is 0.833 bits per heavy atom. The lowest BCUT2D eigenvalue weighted by Crippen LogP contribution is -1.82. The van der Waals surface area contributed by atoms with Crippen LogP contribution in [-0.2, 0) is 0 Å². The van der Waals surface area contributed by atoms with E-state index in [1.807, 2.05) is 24.3 Å². The molecule has 0 saturated heterocycles. The number of aryl methyl sites for hydroxylation is 2. The summed E-state index contributed by atoms with van der Waals surface area (Å²) in [5.41, 5.74) is 1.65. The third-order valence-electron chi connectivity index (χ3n) is 2.41. The van der Waals surface area contributed by atoms with Gasteiger partial charge in [0.25, 0.3) is 11.8 Å². The summed E-state index contributed by atoms with van der Waals surface area (Å²) in [6.45, 7) is 3.55. The van der Waals surface area contributed by atoms with Crippen LogP contribution in [0.4, 0.5) is 0 Å². The van der Waals surface area contributed by atoms with E-state index in [0.29, 0.717) is 23.4 Å². The summed E-state index contributed by atoms with van der Waals surface area (Å²) >= 11 is 0. The lowest BCUT2D eigenvalue weighted by molar-refractivity contribution is 0.424. The molecule has 0 aliphatic heterocycles. The summed E-state index contributed by atoms with van der Waals surface area (Å²) in [6, 6.07) is 7.53. The second-order valence-electron chi connectivity index (χ2n) is 3.87. The predicted octanol–water partition coefficient (Wildman–Crippen LogP) is 2.40. The first kappa shape index (κ1) is 10.6. The van der Waals surface area contributed by atoms with Crippen LogP contribution in [0.3, 0.4) is 0 Å². The molecule has 18 heavy (non-hydrogen) atoms. The first-order valence-corrected chi connectivity index (χ1v) is 5.44. The van der Waals surface area contributed by atoms with Gasteiger partial charge in [-0.25, -0.2) is 0 Å². The van der Waals surface area contributed by atoms with Crippen LogP contribution >= 0.6 is 0 Å². The van der Waals surface area contributed by atoms with Crippen molar-refractivity contribution in [3.8, 4) is 22.9 Å². The Morgan fingerprint density at radius 3 is 1.72 bits per heavy atom. The van der Waals surface area contributed by atoms with Gasteiger partial charge in [-0.05, 0) is 32.0 Å². The van der Waals surface area contributed by atoms with Crippen molar-refractivity contribution in [3.05, 3.63) is 35.9 Å². The topological polar surface area (TPSA) is 77.8 Å². The van der Waals surface area contributed by atoms with Crippen molar-refractivity contribution in [1.82, 2.24) is 20.3 Å². The van der Waals surface area contributed by atoms with Gasteiger partial charge in [0.2, 0.25) is 0 Å². The van der Waals surface area contributed by atoms with Crippen molar-refractivity contribution in [3.63, 3.8) is 0 Å². The summed E-state index contributed by atoms with van der Waals surface area (Å²) in [5, 5.41) is 7.52. The predicted molar refractivity (Wildman–Crippen MR) is 62.5 cm³/mol. The molecule has 0 fully saturated rings. The van der Waals surface area contributed by atoms with E-state index in [4.69, 9.17) is 9.05 Å². The minimum atomic E-state index is 0.477. The van der Waals surface area contributed by atoms with Crippen LogP contribution in [0, 0.1) is 13.8 Å². The average molecular weight is 242 g/mol. The first-order chi connectivity index (χ1) is 8.72. The van der Waals surface area contributed by atoms with Gasteiger partial charge < -0.3 is 9.05 Å². The Bertz CT molecular complexity index is 631. The van der Waals surface area contributed by atoms with E-state index in [9.17, 15) is 0 Å². The van der Waals surface area contributed by atoms with Crippen LogP contribution in [-0.4, -0.2) is 20.3 Å². The van der Waals surface area contributed by atoms with Crippen LogP contribution in [0.5, 0.6) is 0 Å². The lowest BCUT2D eigenvalue weighted by atomic mass is 10.1. The summed E-state index contributed by atoms with van der Waals surface area (Å²) in [6.07, 6.45) is 0. The third-order valence-corrected chi connectivity index (χ3v) is 2.41. The average Bonchev–Trinajstić information content (AvgIpc) is 2.98. The summed E-state index contributed by atoms with van der Waals surface area (Å²) in [5.74, 6) is 2.16. The molecule has 0 unspecified atom stereocenters. The molecule has 0 bridgehead atoms. The molecular weight excluding hydrogens is 232 g/mol. The van der Waals surface area contributed by atoms with Gasteiger partial charge in [-0.2, -0.15) is 9.97 Å². The number of rotatable bonds is 2. The molecule has 90 valence electrons. The maximum atomic E-state index is 5.12. The fourth-order valence-corrected chi connectivity index (χ4v) is 1.61. The van der Waals surface area contributed by atoms with E-state index in [-0.39, 0.29) is 0 Å². The number of hydrogen-bond acceptors (Lipinski definition) is 6. The highest BCUT2D eigenvalue weighted by atomic mass is 16.5. The number of hydrogen-bond donors (Lipinski definition) is 0. The van der Waals surface area contributed by atoms with Crippen molar-refractivity contribution in [2.24, 2.45) is 0 Å². The van der Waals surface area contributed by atoms with Gasteiger partial charge in [0.1, 0.15) is 0 Å². The molecule has 2 aromatic heterocycles. The molecule has 0 radical (unpaired) electrons. The molecule has 0 aliphatic rings. The van der Waals surface area contributed by atoms with Gasteiger partial charge in [0.05, 0.1) is 0 Å². The van der Waals surface area contributed by atoms with E-state index in [1.165, 1.54) is 0 Å². The molecule has 3 aromatic rings. The fraction of sp³-hybridized carbons (Fsp3) is 0.167. The van der Waals surface area contributed by atoms with E-state index < -0.39 is 0 Å². The molecule has 6 nitrogen and oxygen atoms in total. The van der Waals surface area contributed by atoms with Crippen molar-refractivity contribution in [2.45, 2.75) is 13.8 Å². The molecule has 2 heterocycles. The smallest absolute Gasteiger partial charge is 0.257 e. The molecule has 0 spiro atoms. The monoisotopic (exact) mass is 242 g/mol. The minimum Gasteiger partial charge on any atom is -0.334 e. The van der Waals surface area contributed by atoms with Gasteiger partial charge >= 0.3 is 0 Å². The molecular formula is C12H10N4O2. The lowest BCUT2D eigenvalue weighted by Gasteiger charge is -1.97. The Hall–Kier alpha value is -2.50. The third kappa shape index (κ3) is 1.88. The van der Waals surface area contributed by atoms with Crippen molar-refractivity contribution < 1.29 is 9.05 Å². The van der Waals surface area contributed by atoms with Gasteiger partial charge in [-0.15, -0.1) is 0 Å². The number of benzene rings is 1. The molecule has 0 aliphatic carbocycles. The van der Waals surface area contributed by atoms with Gasteiger partial charge in [-0.1, -0.05) is 16.4 Å². The standard InChI is InChI=1S/C12H10N4O2/c1-7-13-11(17-15-7)9-4-3-5-10(6-9)12-14-8(2)16-18-12/h3-6H,1-2H3. The highest BCUT2D eigenvalue weighted by molar-refractivity contribution is 5.64. The zero-order valence-electron chi connectivity index (χ0n) is 9.91. The molecule has 6 heteroatoms. The maximum absolute atomic E-state index is 5.12. The van der Waals surface area contributed by atoms with E-state index in [1.54, 1.807) is 13.8 Å². The van der Waals surface area contributed by atoms with Crippen molar-refractivity contribution >= 4 is 0 Å². The number of aromatic nitrogens is 4. The van der Waals surface area contributed by atoms with E-state index >= 15 is 0 Å². The molecule has 3 rings (SSSR count). The SMILES string of the molecule is Cc1noc(-c2cccc(-c3nc(C)no3)c2)n1. The normalized spacial score (nSPS) is 10.8. The quantitative estimate of drug-likeness (QED) is 0.686. The van der Waals surface area contributed by atoms with E-state index in [2.05, 4.69) is 20.3 Å². The fourth-order valence-electron chi connectivity index (χ4n) is 1.61. The van der Waals surface area contributed by atoms with Gasteiger partial charge in [-0.3, -0.25) is 0 Å². The second kappa shape index (κ2) is 4.06. The van der Waals surface area contributed by atoms with E-state index in [0.717, 1.165) is 11.1 Å². The molecule has 0 saturated carbocycles. The highest BCUT2D eigenvalue weighted by Gasteiger charge is 2.10. The molecule has 0 atom stereocenters. The van der Waals surface area contributed by atoms with Crippen LogP contribution < -0.4 is 0 Å². The molecule has 1 aromatic carbocycles. The first-order valence-electron chi connectivity index (χ1n) is 5.44. The van der Waals surface area contributed by atoms with Crippen LogP contribution in [0.15, 0.2) is 33.3 Å². The Labute approximate surface area is 103 Å². The highest BCUT2D eigenvalue weighted by Crippen LogP contribution is 2.24. The summed E-state index contributed by atoms with van der Waals surface area (Å²) < 4.78 is 10.2. The van der Waals surface area contributed by atoms with Crippen LogP contribution in [0.2, 0.25) is 0 Å².